The minimum Gasteiger partial charge on any atom is -0.383 e. The Morgan fingerprint density at radius 1 is 1.60 bits per heavy atom. The van der Waals surface area contributed by atoms with E-state index in [9.17, 15) is 5.11 Å². The maximum absolute atomic E-state index is 9.78. The molecule has 1 aliphatic heterocycles. The largest absolute Gasteiger partial charge is 0.383 e. The molecular formula is C8H14O2. The molecular weight excluding hydrogens is 128 g/mol. The number of ether oxygens (including phenoxy) is 1. The van der Waals surface area contributed by atoms with E-state index >= 15 is 0 Å². The predicted molar refractivity (Wildman–Crippen MR) is 39.8 cm³/mol. The van der Waals surface area contributed by atoms with Crippen LogP contribution in [0.5, 0.6) is 0 Å². The lowest BCUT2D eigenvalue weighted by molar-refractivity contribution is -0.0692. The molecule has 0 spiro atoms. The highest BCUT2D eigenvalue weighted by atomic mass is 16.5. The first-order valence-corrected chi connectivity index (χ1v) is 3.52. The van der Waals surface area contributed by atoms with Gasteiger partial charge in [-0.25, -0.2) is 0 Å². The van der Waals surface area contributed by atoms with Gasteiger partial charge in [-0.1, -0.05) is 6.08 Å². The van der Waals surface area contributed by atoms with E-state index in [1.54, 1.807) is 6.08 Å². The van der Waals surface area contributed by atoms with Gasteiger partial charge in [-0.05, 0) is 13.8 Å². The molecule has 1 atom stereocenters. The Hall–Kier alpha value is -0.340. The van der Waals surface area contributed by atoms with Crippen molar-refractivity contribution in [2.45, 2.75) is 31.5 Å². The normalized spacial score (nSPS) is 37.9. The lowest BCUT2D eigenvalue weighted by Crippen LogP contribution is -2.44. The van der Waals surface area contributed by atoms with E-state index in [0.29, 0.717) is 13.0 Å². The van der Waals surface area contributed by atoms with Gasteiger partial charge < -0.3 is 9.84 Å². The first-order chi connectivity index (χ1) is 4.52. The monoisotopic (exact) mass is 142 g/mol. The molecule has 1 saturated heterocycles. The van der Waals surface area contributed by atoms with Gasteiger partial charge in [-0.3, -0.25) is 0 Å². The van der Waals surface area contributed by atoms with Crippen LogP contribution in [-0.4, -0.2) is 22.9 Å². The predicted octanol–water partition coefficient (Wildman–Crippen LogP) is 1.10. The molecule has 1 heterocycles. The van der Waals surface area contributed by atoms with E-state index in [4.69, 9.17) is 4.74 Å². The third-order valence-corrected chi connectivity index (χ3v) is 2.33. The van der Waals surface area contributed by atoms with Crippen molar-refractivity contribution in [2.75, 3.05) is 6.61 Å². The van der Waals surface area contributed by atoms with Crippen LogP contribution in [0.15, 0.2) is 12.7 Å². The van der Waals surface area contributed by atoms with Crippen LogP contribution in [0.1, 0.15) is 20.3 Å². The standard InChI is InChI=1S/C8H14O2/c1-4-8(9)5-6-10-7(8,2)3/h4,9H,1,5-6H2,2-3H3. The van der Waals surface area contributed by atoms with Crippen LogP contribution >= 0.6 is 0 Å². The van der Waals surface area contributed by atoms with Crippen LogP contribution in [0.3, 0.4) is 0 Å². The molecule has 0 aromatic heterocycles. The maximum Gasteiger partial charge on any atom is 0.113 e. The van der Waals surface area contributed by atoms with Crippen LogP contribution in [0.4, 0.5) is 0 Å². The van der Waals surface area contributed by atoms with Crippen LogP contribution in [0.25, 0.3) is 0 Å². The molecule has 2 nitrogen and oxygen atoms in total. The van der Waals surface area contributed by atoms with E-state index in [-0.39, 0.29) is 0 Å². The molecule has 1 N–H and O–H groups in total. The van der Waals surface area contributed by atoms with Crippen molar-refractivity contribution >= 4 is 0 Å². The van der Waals surface area contributed by atoms with E-state index in [1.807, 2.05) is 13.8 Å². The molecule has 0 aromatic rings. The molecule has 0 saturated carbocycles. The summed E-state index contributed by atoms with van der Waals surface area (Å²) in [5.41, 5.74) is -1.29. The fourth-order valence-electron chi connectivity index (χ4n) is 1.24. The van der Waals surface area contributed by atoms with Crippen LogP contribution in [0.2, 0.25) is 0 Å². The zero-order chi connectivity index (χ0) is 7.83. The van der Waals surface area contributed by atoms with Gasteiger partial charge in [-0.15, -0.1) is 6.58 Å². The minimum absolute atomic E-state index is 0.464. The van der Waals surface area contributed by atoms with Crippen molar-refractivity contribution in [3.8, 4) is 0 Å². The summed E-state index contributed by atoms with van der Waals surface area (Å²) in [6.45, 7) is 7.95. The Labute approximate surface area is 61.5 Å². The van der Waals surface area contributed by atoms with Gasteiger partial charge in [0.2, 0.25) is 0 Å². The molecule has 10 heavy (non-hydrogen) atoms. The quantitative estimate of drug-likeness (QED) is 0.555. The molecule has 0 radical (unpaired) electrons. The third kappa shape index (κ3) is 0.879. The van der Waals surface area contributed by atoms with Crippen LogP contribution in [-0.2, 0) is 4.74 Å². The summed E-state index contributed by atoms with van der Waals surface area (Å²) in [6.07, 6.45) is 2.23. The second-order valence-corrected chi connectivity index (χ2v) is 3.24. The lowest BCUT2D eigenvalue weighted by Gasteiger charge is -2.31. The molecule has 0 aliphatic carbocycles. The highest BCUT2D eigenvalue weighted by Gasteiger charge is 2.46. The van der Waals surface area contributed by atoms with E-state index in [1.165, 1.54) is 0 Å². The summed E-state index contributed by atoms with van der Waals surface area (Å²) >= 11 is 0. The Balaban J connectivity index is 2.85. The summed E-state index contributed by atoms with van der Waals surface area (Å²) in [6, 6.07) is 0. The van der Waals surface area contributed by atoms with Crippen molar-refractivity contribution in [3.05, 3.63) is 12.7 Å². The summed E-state index contributed by atoms with van der Waals surface area (Å²) in [7, 11) is 0. The fraction of sp³-hybridized carbons (Fsp3) is 0.750. The lowest BCUT2D eigenvalue weighted by atomic mass is 9.86. The average molecular weight is 142 g/mol. The van der Waals surface area contributed by atoms with E-state index in [0.717, 1.165) is 0 Å². The SMILES string of the molecule is C=CC1(O)CCOC1(C)C. The summed E-state index contributed by atoms with van der Waals surface area (Å²) in [5, 5.41) is 9.78. The van der Waals surface area contributed by atoms with Gasteiger partial charge in [0, 0.05) is 6.42 Å². The average Bonchev–Trinajstić information content (AvgIpc) is 2.10. The molecule has 0 amide bonds. The first-order valence-electron chi connectivity index (χ1n) is 3.52. The second-order valence-electron chi connectivity index (χ2n) is 3.24. The van der Waals surface area contributed by atoms with E-state index < -0.39 is 11.2 Å². The third-order valence-electron chi connectivity index (χ3n) is 2.33. The molecule has 1 fully saturated rings. The minimum atomic E-state index is -0.826. The summed E-state index contributed by atoms with van der Waals surface area (Å²) in [5.74, 6) is 0. The van der Waals surface area contributed by atoms with Gasteiger partial charge in [-0.2, -0.15) is 0 Å². The molecule has 1 aliphatic rings. The summed E-state index contributed by atoms with van der Waals surface area (Å²) in [4.78, 5) is 0. The zero-order valence-corrected chi connectivity index (χ0v) is 6.55. The topological polar surface area (TPSA) is 29.5 Å². The fourth-order valence-corrected chi connectivity index (χ4v) is 1.24. The molecule has 58 valence electrons. The zero-order valence-electron chi connectivity index (χ0n) is 6.55. The van der Waals surface area contributed by atoms with Crippen molar-refractivity contribution in [1.82, 2.24) is 0 Å². The second kappa shape index (κ2) is 2.07. The van der Waals surface area contributed by atoms with Crippen molar-refractivity contribution < 1.29 is 9.84 Å². The van der Waals surface area contributed by atoms with Gasteiger partial charge in [0.1, 0.15) is 5.60 Å². The molecule has 1 rings (SSSR count). The van der Waals surface area contributed by atoms with Crippen molar-refractivity contribution in [3.63, 3.8) is 0 Å². The Bertz CT molecular complexity index is 151. The van der Waals surface area contributed by atoms with Crippen molar-refractivity contribution in [1.29, 1.82) is 0 Å². The first kappa shape index (κ1) is 7.76. The van der Waals surface area contributed by atoms with Gasteiger partial charge in [0.25, 0.3) is 0 Å². The Morgan fingerprint density at radius 3 is 2.40 bits per heavy atom. The number of aliphatic hydroxyl groups is 1. The van der Waals surface area contributed by atoms with E-state index in [2.05, 4.69) is 6.58 Å². The highest BCUT2D eigenvalue weighted by Crippen LogP contribution is 2.35. The van der Waals surface area contributed by atoms with Gasteiger partial charge in [0.05, 0.1) is 12.2 Å². The highest BCUT2D eigenvalue weighted by molar-refractivity contribution is 5.10. The van der Waals surface area contributed by atoms with Gasteiger partial charge >= 0.3 is 0 Å². The molecule has 0 aromatic carbocycles. The maximum atomic E-state index is 9.78. The smallest absolute Gasteiger partial charge is 0.113 e. The molecule has 2 heteroatoms. The Morgan fingerprint density at radius 2 is 2.20 bits per heavy atom. The Kier molecular flexibility index (Phi) is 1.61. The van der Waals surface area contributed by atoms with Gasteiger partial charge in [0.15, 0.2) is 0 Å². The number of hydrogen-bond acceptors (Lipinski definition) is 2. The number of rotatable bonds is 1. The number of hydrogen-bond donors (Lipinski definition) is 1. The van der Waals surface area contributed by atoms with Crippen molar-refractivity contribution in [2.24, 2.45) is 0 Å². The molecule has 0 bridgehead atoms. The summed E-state index contributed by atoms with van der Waals surface area (Å²) < 4.78 is 5.33. The van der Waals surface area contributed by atoms with Crippen LogP contribution in [0, 0.1) is 0 Å². The molecule has 1 unspecified atom stereocenters. The van der Waals surface area contributed by atoms with Crippen LogP contribution < -0.4 is 0 Å².